The predicted octanol–water partition coefficient (Wildman–Crippen LogP) is 2.48. The van der Waals surface area contributed by atoms with Gasteiger partial charge in [0.15, 0.2) is 5.82 Å². The molecule has 136 valence electrons. The van der Waals surface area contributed by atoms with Crippen molar-refractivity contribution < 1.29 is 22.3 Å². The maximum Gasteiger partial charge on any atom is 0.344 e. The highest BCUT2D eigenvalue weighted by Gasteiger charge is 2.31. The molecule has 0 saturated heterocycles. The Morgan fingerprint density at radius 1 is 1.32 bits per heavy atom. The molecule has 0 atom stereocenters. The average molecular weight is 369 g/mol. The lowest BCUT2D eigenvalue weighted by molar-refractivity contribution is 0.201. The second-order valence-electron chi connectivity index (χ2n) is 5.29. The summed E-state index contributed by atoms with van der Waals surface area (Å²) in [5, 5.41) is 2.89. The number of methoxy groups -OCH3 is 1. The Kier molecular flexibility index (Phi) is 5.46. The maximum atomic E-state index is 14.3. The number of carbonyl (C=O) groups excluding carboxylic acids is 1. The van der Waals surface area contributed by atoms with Crippen LogP contribution in [0.3, 0.4) is 0 Å². The van der Waals surface area contributed by atoms with E-state index >= 15 is 0 Å². The summed E-state index contributed by atoms with van der Waals surface area (Å²) in [6.07, 6.45) is 0.776. The van der Waals surface area contributed by atoms with Crippen molar-refractivity contribution in [2.24, 2.45) is 0 Å². The highest BCUT2D eigenvalue weighted by molar-refractivity contribution is 7.91. The summed E-state index contributed by atoms with van der Waals surface area (Å²) in [5.74, 6) is -1.00. The molecule has 0 spiro atoms. The normalized spacial score (nSPS) is 11.4. The molecular formula is C16H20FN3O4S. The standard InChI is InChI=1S/C16H20FN3O4S/c1-5-19(6-2)16(21)20-10-12(17)15(18-20)25(22,23)14-11(3)8-7-9-13(14)24-4/h7-10H,5-6H2,1-4H3. The monoisotopic (exact) mass is 369 g/mol. The van der Waals surface area contributed by atoms with Crippen molar-refractivity contribution in [1.29, 1.82) is 0 Å². The molecule has 1 heterocycles. The molecule has 0 N–H and O–H groups in total. The second kappa shape index (κ2) is 7.22. The highest BCUT2D eigenvalue weighted by atomic mass is 32.2. The first-order chi connectivity index (χ1) is 11.8. The van der Waals surface area contributed by atoms with Crippen LogP contribution in [-0.4, -0.2) is 49.3 Å². The third-order valence-corrected chi connectivity index (χ3v) is 5.63. The number of nitrogens with zero attached hydrogens (tertiary/aromatic N) is 3. The van der Waals surface area contributed by atoms with Gasteiger partial charge in [-0.2, -0.15) is 4.68 Å². The van der Waals surface area contributed by atoms with Crippen molar-refractivity contribution in [2.45, 2.75) is 30.7 Å². The zero-order valence-corrected chi connectivity index (χ0v) is 15.3. The van der Waals surface area contributed by atoms with Crippen molar-refractivity contribution in [3.05, 3.63) is 35.8 Å². The van der Waals surface area contributed by atoms with E-state index in [1.165, 1.54) is 18.1 Å². The van der Waals surface area contributed by atoms with Crippen LogP contribution >= 0.6 is 0 Å². The molecule has 0 aliphatic carbocycles. The summed E-state index contributed by atoms with van der Waals surface area (Å²) in [7, 11) is -2.97. The zero-order valence-electron chi connectivity index (χ0n) is 14.5. The van der Waals surface area contributed by atoms with Crippen molar-refractivity contribution in [3.63, 3.8) is 0 Å². The van der Waals surface area contributed by atoms with Gasteiger partial charge in [0.1, 0.15) is 10.6 Å². The Morgan fingerprint density at radius 2 is 1.96 bits per heavy atom. The minimum absolute atomic E-state index is 0.0871. The lowest BCUT2D eigenvalue weighted by Gasteiger charge is -2.17. The van der Waals surface area contributed by atoms with Gasteiger partial charge in [-0.05, 0) is 32.4 Å². The number of amides is 1. The molecule has 2 rings (SSSR count). The van der Waals surface area contributed by atoms with Crippen molar-refractivity contribution in [2.75, 3.05) is 20.2 Å². The van der Waals surface area contributed by atoms with Crippen LogP contribution in [0.25, 0.3) is 0 Å². The smallest absolute Gasteiger partial charge is 0.344 e. The van der Waals surface area contributed by atoms with Crippen LogP contribution in [-0.2, 0) is 9.84 Å². The maximum absolute atomic E-state index is 14.3. The van der Waals surface area contributed by atoms with E-state index in [1.807, 2.05) is 0 Å². The van der Waals surface area contributed by atoms with Gasteiger partial charge in [-0.3, -0.25) is 0 Å². The SMILES string of the molecule is CCN(CC)C(=O)n1cc(F)c(S(=O)(=O)c2c(C)cccc2OC)n1. The number of sulfone groups is 1. The minimum Gasteiger partial charge on any atom is -0.495 e. The number of rotatable bonds is 5. The van der Waals surface area contributed by atoms with Crippen LogP contribution in [0.4, 0.5) is 9.18 Å². The topological polar surface area (TPSA) is 81.5 Å². The lowest BCUT2D eigenvalue weighted by Crippen LogP contribution is -2.34. The van der Waals surface area contributed by atoms with E-state index in [0.717, 1.165) is 6.20 Å². The Morgan fingerprint density at radius 3 is 2.52 bits per heavy atom. The fraction of sp³-hybridized carbons (Fsp3) is 0.375. The Hall–Kier alpha value is -2.42. The van der Waals surface area contributed by atoms with Crippen LogP contribution in [0.2, 0.25) is 0 Å². The number of hydrogen-bond acceptors (Lipinski definition) is 5. The quantitative estimate of drug-likeness (QED) is 0.809. The molecule has 0 fully saturated rings. The summed E-state index contributed by atoms with van der Waals surface area (Å²) in [6.45, 7) is 5.88. The van der Waals surface area contributed by atoms with Crippen LogP contribution in [0.15, 0.2) is 34.3 Å². The molecule has 1 amide bonds. The molecule has 0 saturated carbocycles. The van der Waals surface area contributed by atoms with Gasteiger partial charge < -0.3 is 9.64 Å². The van der Waals surface area contributed by atoms with E-state index in [0.29, 0.717) is 23.3 Å². The second-order valence-corrected chi connectivity index (χ2v) is 7.09. The predicted molar refractivity (Wildman–Crippen MR) is 89.1 cm³/mol. The van der Waals surface area contributed by atoms with Crippen molar-refractivity contribution in [3.8, 4) is 5.75 Å². The van der Waals surface area contributed by atoms with Crippen LogP contribution < -0.4 is 4.74 Å². The number of ether oxygens (including phenoxy) is 1. The Bertz CT molecular complexity index is 889. The van der Waals surface area contributed by atoms with Gasteiger partial charge in [-0.1, -0.05) is 12.1 Å². The third-order valence-electron chi connectivity index (χ3n) is 3.79. The molecule has 7 nitrogen and oxygen atoms in total. The van der Waals surface area contributed by atoms with Crippen molar-refractivity contribution in [1.82, 2.24) is 14.7 Å². The molecule has 0 bridgehead atoms. The summed E-state index contributed by atoms with van der Waals surface area (Å²) < 4.78 is 45.9. The lowest BCUT2D eigenvalue weighted by atomic mass is 10.2. The first-order valence-electron chi connectivity index (χ1n) is 7.71. The highest BCUT2D eigenvalue weighted by Crippen LogP contribution is 2.32. The molecule has 0 radical (unpaired) electrons. The van der Waals surface area contributed by atoms with Gasteiger partial charge in [-0.25, -0.2) is 17.6 Å². The van der Waals surface area contributed by atoms with E-state index in [-0.39, 0.29) is 10.6 Å². The van der Waals surface area contributed by atoms with E-state index in [9.17, 15) is 17.6 Å². The van der Waals surface area contributed by atoms with E-state index in [1.54, 1.807) is 32.9 Å². The van der Waals surface area contributed by atoms with Crippen LogP contribution in [0.1, 0.15) is 19.4 Å². The largest absolute Gasteiger partial charge is 0.495 e. The molecule has 1 aromatic heterocycles. The summed E-state index contributed by atoms with van der Waals surface area (Å²) in [5.41, 5.74) is 0.392. The fourth-order valence-corrected chi connectivity index (χ4v) is 4.09. The number of halogens is 1. The van der Waals surface area contributed by atoms with Gasteiger partial charge in [0.25, 0.3) is 0 Å². The van der Waals surface area contributed by atoms with Crippen LogP contribution in [0, 0.1) is 12.7 Å². The molecule has 0 unspecified atom stereocenters. The molecule has 9 heteroatoms. The van der Waals surface area contributed by atoms with Gasteiger partial charge >= 0.3 is 6.03 Å². The van der Waals surface area contributed by atoms with Crippen LogP contribution in [0.5, 0.6) is 5.75 Å². The molecular weight excluding hydrogens is 349 g/mol. The van der Waals surface area contributed by atoms with E-state index in [2.05, 4.69) is 5.10 Å². The van der Waals surface area contributed by atoms with Gasteiger partial charge in [0, 0.05) is 13.1 Å². The Balaban J connectivity index is 2.58. The fourth-order valence-electron chi connectivity index (χ4n) is 2.48. The molecule has 0 aliphatic rings. The number of aromatic nitrogens is 2. The third kappa shape index (κ3) is 3.37. The Labute approximate surface area is 145 Å². The van der Waals surface area contributed by atoms with Gasteiger partial charge in [0.05, 0.1) is 13.3 Å². The molecule has 25 heavy (non-hydrogen) atoms. The van der Waals surface area contributed by atoms with E-state index < -0.39 is 26.7 Å². The zero-order chi connectivity index (χ0) is 18.8. The minimum atomic E-state index is -4.30. The summed E-state index contributed by atoms with van der Waals surface area (Å²) in [4.78, 5) is 13.5. The summed E-state index contributed by atoms with van der Waals surface area (Å²) in [6, 6.07) is 4.08. The number of benzene rings is 1. The van der Waals surface area contributed by atoms with Crippen molar-refractivity contribution >= 4 is 15.9 Å². The summed E-state index contributed by atoms with van der Waals surface area (Å²) >= 11 is 0. The molecule has 0 aliphatic heterocycles. The first-order valence-corrected chi connectivity index (χ1v) is 9.19. The number of aryl methyl sites for hydroxylation is 1. The first kappa shape index (κ1) is 18.9. The number of hydrogen-bond donors (Lipinski definition) is 0. The van der Waals surface area contributed by atoms with Gasteiger partial charge in [0.2, 0.25) is 14.9 Å². The molecule has 1 aromatic carbocycles. The van der Waals surface area contributed by atoms with Gasteiger partial charge in [-0.15, -0.1) is 5.10 Å². The average Bonchev–Trinajstić information content (AvgIpc) is 2.98. The van der Waals surface area contributed by atoms with E-state index in [4.69, 9.17) is 4.74 Å². The molecule has 2 aromatic rings. The number of carbonyl (C=O) groups is 1.